The lowest BCUT2D eigenvalue weighted by Crippen LogP contribution is -2.40. The van der Waals surface area contributed by atoms with Crippen molar-refractivity contribution in [3.8, 4) is 0 Å². The first-order chi connectivity index (χ1) is 14.3. The van der Waals surface area contributed by atoms with Crippen LogP contribution >= 0.6 is 0 Å². The molecule has 5 nitrogen and oxygen atoms in total. The van der Waals surface area contributed by atoms with Crippen molar-refractivity contribution in [2.75, 3.05) is 36.9 Å². The van der Waals surface area contributed by atoms with Crippen LogP contribution in [0, 0.1) is 0 Å². The van der Waals surface area contributed by atoms with E-state index in [0.29, 0.717) is 32.3 Å². The number of rotatable bonds is 6. The fraction of sp³-hybridized carbons (Fsp3) is 0.458. The highest BCUT2D eigenvalue weighted by Gasteiger charge is 2.20. The average molecular weight is 394 g/mol. The Bertz CT molecular complexity index is 797. The first-order valence-electron chi connectivity index (χ1n) is 10.8. The zero-order chi connectivity index (χ0) is 19.9. The Morgan fingerprint density at radius 3 is 2.48 bits per heavy atom. The second kappa shape index (κ2) is 9.79. The number of amides is 1. The largest absolute Gasteiger partial charge is 0.381 e. The van der Waals surface area contributed by atoms with E-state index in [9.17, 15) is 4.79 Å². The minimum Gasteiger partial charge on any atom is -0.381 e. The molecule has 29 heavy (non-hydrogen) atoms. The Morgan fingerprint density at radius 2 is 1.72 bits per heavy atom. The zero-order valence-corrected chi connectivity index (χ0v) is 17.0. The second-order valence-electron chi connectivity index (χ2n) is 7.98. The lowest BCUT2D eigenvalue weighted by molar-refractivity contribution is 0.0303. The molecular weight excluding hydrogens is 362 g/mol. The molecule has 2 N–H and O–H groups in total. The molecule has 0 aromatic heterocycles. The van der Waals surface area contributed by atoms with Gasteiger partial charge in [0.1, 0.15) is 0 Å². The van der Waals surface area contributed by atoms with Crippen molar-refractivity contribution in [3.05, 3.63) is 59.7 Å². The third-order valence-electron chi connectivity index (χ3n) is 5.86. The summed E-state index contributed by atoms with van der Waals surface area (Å²) in [5.41, 5.74) is 4.04. The van der Waals surface area contributed by atoms with Crippen LogP contribution in [-0.2, 0) is 11.3 Å². The molecule has 1 amide bonds. The molecule has 2 fully saturated rings. The first kappa shape index (κ1) is 19.8. The van der Waals surface area contributed by atoms with Gasteiger partial charge in [0.2, 0.25) is 0 Å². The maximum absolute atomic E-state index is 12.9. The van der Waals surface area contributed by atoms with E-state index in [1.165, 1.54) is 37.7 Å². The van der Waals surface area contributed by atoms with Crippen LogP contribution < -0.4 is 10.6 Å². The number of hydrogen-bond acceptors (Lipinski definition) is 4. The number of carbonyl (C=O) groups excluding carboxylic acids is 1. The molecule has 0 radical (unpaired) electrons. The highest BCUT2D eigenvalue weighted by Crippen LogP contribution is 2.29. The maximum atomic E-state index is 12.9. The number of carbonyl (C=O) groups is 1. The fourth-order valence-electron chi connectivity index (χ4n) is 4.16. The van der Waals surface area contributed by atoms with Gasteiger partial charge in [-0.15, -0.1) is 0 Å². The zero-order valence-electron chi connectivity index (χ0n) is 17.0. The molecule has 1 heterocycles. The number of nitrogens with one attached hydrogen (secondary N) is 2. The third kappa shape index (κ3) is 5.30. The topological polar surface area (TPSA) is 53.6 Å². The van der Waals surface area contributed by atoms with Gasteiger partial charge >= 0.3 is 0 Å². The summed E-state index contributed by atoms with van der Waals surface area (Å²) in [5.74, 6) is 0.0836. The van der Waals surface area contributed by atoms with Crippen LogP contribution in [0.4, 0.5) is 11.4 Å². The molecule has 1 aliphatic carbocycles. The van der Waals surface area contributed by atoms with Crippen LogP contribution in [0.1, 0.15) is 48.0 Å². The van der Waals surface area contributed by atoms with Gasteiger partial charge in [0.15, 0.2) is 0 Å². The molecule has 5 heteroatoms. The molecular formula is C24H31N3O2. The number of benzene rings is 2. The monoisotopic (exact) mass is 393 g/mol. The summed E-state index contributed by atoms with van der Waals surface area (Å²) in [4.78, 5) is 14.8. The molecule has 2 aromatic rings. The summed E-state index contributed by atoms with van der Waals surface area (Å²) in [6.45, 7) is 3.29. The number of anilines is 2. The predicted molar refractivity (Wildman–Crippen MR) is 117 cm³/mol. The number of nitrogens with zero attached hydrogens (tertiary/aromatic N) is 1. The van der Waals surface area contributed by atoms with Gasteiger partial charge in [0, 0.05) is 31.2 Å². The summed E-state index contributed by atoms with van der Waals surface area (Å²) in [5, 5.41) is 7.28. The average Bonchev–Trinajstić information content (AvgIpc) is 2.80. The van der Waals surface area contributed by atoms with Crippen LogP contribution in [0.15, 0.2) is 48.5 Å². The highest BCUT2D eigenvalue weighted by molar-refractivity contribution is 5.96. The highest BCUT2D eigenvalue weighted by atomic mass is 16.5. The Balaban J connectivity index is 1.53. The summed E-state index contributed by atoms with van der Waals surface area (Å²) >= 11 is 0. The molecule has 0 bridgehead atoms. The summed E-state index contributed by atoms with van der Waals surface area (Å²) in [6.07, 6.45) is 6.35. The molecule has 0 unspecified atom stereocenters. The third-order valence-corrected chi connectivity index (χ3v) is 5.86. The first-order valence-corrected chi connectivity index (χ1v) is 10.8. The van der Waals surface area contributed by atoms with Crippen molar-refractivity contribution in [2.24, 2.45) is 0 Å². The van der Waals surface area contributed by atoms with E-state index in [0.717, 1.165) is 23.5 Å². The van der Waals surface area contributed by atoms with E-state index in [1.807, 2.05) is 23.1 Å². The van der Waals surface area contributed by atoms with Crippen molar-refractivity contribution in [1.82, 2.24) is 4.90 Å². The van der Waals surface area contributed by atoms with Crippen LogP contribution in [0.5, 0.6) is 0 Å². The van der Waals surface area contributed by atoms with Gasteiger partial charge in [-0.05, 0) is 36.6 Å². The van der Waals surface area contributed by atoms with Gasteiger partial charge < -0.3 is 20.3 Å². The van der Waals surface area contributed by atoms with Gasteiger partial charge in [-0.1, -0.05) is 49.6 Å². The Kier molecular flexibility index (Phi) is 6.67. The van der Waals surface area contributed by atoms with Crippen molar-refractivity contribution in [3.63, 3.8) is 0 Å². The van der Waals surface area contributed by atoms with Gasteiger partial charge in [-0.25, -0.2) is 0 Å². The molecule has 154 valence electrons. The van der Waals surface area contributed by atoms with Gasteiger partial charge in [0.25, 0.3) is 5.91 Å². The normalized spacial score (nSPS) is 17.7. The van der Waals surface area contributed by atoms with Crippen LogP contribution in [-0.4, -0.2) is 43.2 Å². The van der Waals surface area contributed by atoms with Crippen molar-refractivity contribution in [2.45, 2.75) is 44.7 Å². The van der Waals surface area contributed by atoms with E-state index in [4.69, 9.17) is 4.74 Å². The lowest BCUT2D eigenvalue weighted by atomic mass is 9.95. The summed E-state index contributed by atoms with van der Waals surface area (Å²) in [6, 6.07) is 16.9. The minimum absolute atomic E-state index is 0.0836. The number of morpholine rings is 1. The van der Waals surface area contributed by atoms with Crippen LogP contribution in [0.3, 0.4) is 0 Å². The van der Waals surface area contributed by atoms with E-state index in [2.05, 4.69) is 41.0 Å². The van der Waals surface area contributed by atoms with E-state index in [-0.39, 0.29) is 5.91 Å². The Morgan fingerprint density at radius 1 is 0.966 bits per heavy atom. The van der Waals surface area contributed by atoms with Gasteiger partial charge in [0.05, 0.1) is 24.6 Å². The van der Waals surface area contributed by atoms with Crippen molar-refractivity contribution < 1.29 is 9.53 Å². The van der Waals surface area contributed by atoms with E-state index < -0.39 is 0 Å². The SMILES string of the molecule is O=C(c1ccc(NC2CCCCC2)c(NCc2ccccc2)c1)N1CCOCC1. The van der Waals surface area contributed by atoms with Crippen LogP contribution in [0.2, 0.25) is 0 Å². The number of ether oxygens (including phenoxy) is 1. The molecule has 2 aliphatic rings. The van der Waals surface area contributed by atoms with E-state index >= 15 is 0 Å². The molecule has 0 spiro atoms. The predicted octanol–water partition coefficient (Wildman–Crippen LogP) is 4.52. The second-order valence-corrected chi connectivity index (χ2v) is 7.98. The lowest BCUT2D eigenvalue weighted by Gasteiger charge is -2.28. The summed E-state index contributed by atoms with van der Waals surface area (Å²) in [7, 11) is 0. The Hall–Kier alpha value is -2.53. The Labute approximate surface area is 173 Å². The van der Waals surface area contributed by atoms with E-state index in [1.54, 1.807) is 0 Å². The van der Waals surface area contributed by atoms with Crippen molar-refractivity contribution >= 4 is 17.3 Å². The summed E-state index contributed by atoms with van der Waals surface area (Å²) < 4.78 is 5.38. The maximum Gasteiger partial charge on any atom is 0.254 e. The molecule has 1 saturated heterocycles. The van der Waals surface area contributed by atoms with Gasteiger partial charge in [-0.3, -0.25) is 4.79 Å². The quantitative estimate of drug-likeness (QED) is 0.758. The number of hydrogen-bond donors (Lipinski definition) is 2. The standard InChI is InChI=1S/C24H31N3O2/c28-24(27-13-15-29-16-14-27)20-11-12-22(26-21-9-5-2-6-10-21)23(17-20)25-18-19-7-3-1-4-8-19/h1,3-4,7-8,11-12,17,21,25-26H,2,5-6,9-10,13-16,18H2. The van der Waals surface area contributed by atoms with Gasteiger partial charge in [-0.2, -0.15) is 0 Å². The molecule has 2 aromatic carbocycles. The fourth-order valence-corrected chi connectivity index (χ4v) is 4.16. The van der Waals surface area contributed by atoms with Crippen LogP contribution in [0.25, 0.3) is 0 Å². The van der Waals surface area contributed by atoms with Crippen molar-refractivity contribution in [1.29, 1.82) is 0 Å². The molecule has 4 rings (SSSR count). The smallest absolute Gasteiger partial charge is 0.254 e. The minimum atomic E-state index is 0.0836. The molecule has 1 aliphatic heterocycles. The molecule has 0 atom stereocenters. The molecule has 1 saturated carbocycles.